The summed E-state index contributed by atoms with van der Waals surface area (Å²) >= 11 is 0. The van der Waals surface area contributed by atoms with Gasteiger partial charge in [-0.2, -0.15) is 0 Å². The van der Waals surface area contributed by atoms with E-state index in [9.17, 15) is 0 Å². The van der Waals surface area contributed by atoms with Crippen LogP contribution in [0.3, 0.4) is 0 Å². The standard InChI is InChI=1S/C17H20N4/c1-13-7-15-10-20-17(8-16(15)11-21(13)12-18)19-9-14-5-3-2-4-6-14/h2-6,8,10,12-13,18H,7,9,11H2,1H3,(H,19,20). The summed E-state index contributed by atoms with van der Waals surface area (Å²) in [6.45, 7) is 3.72. The lowest BCUT2D eigenvalue weighted by Gasteiger charge is -2.32. The minimum absolute atomic E-state index is 0.375. The van der Waals surface area contributed by atoms with Crippen LogP contribution in [-0.4, -0.2) is 22.3 Å². The van der Waals surface area contributed by atoms with Gasteiger partial charge in [0.1, 0.15) is 5.82 Å². The van der Waals surface area contributed by atoms with Gasteiger partial charge in [-0.05, 0) is 36.1 Å². The first-order valence-electron chi connectivity index (χ1n) is 7.28. The van der Waals surface area contributed by atoms with E-state index in [2.05, 4.69) is 40.3 Å². The Morgan fingerprint density at radius 1 is 1.33 bits per heavy atom. The molecule has 1 aromatic carbocycles. The van der Waals surface area contributed by atoms with Gasteiger partial charge in [-0.25, -0.2) is 4.98 Å². The molecule has 0 aliphatic carbocycles. The number of fused-ring (bicyclic) bond motifs is 1. The van der Waals surface area contributed by atoms with Crippen molar-refractivity contribution < 1.29 is 0 Å². The van der Waals surface area contributed by atoms with Crippen LogP contribution >= 0.6 is 0 Å². The molecule has 108 valence electrons. The Morgan fingerprint density at radius 3 is 2.90 bits per heavy atom. The summed E-state index contributed by atoms with van der Waals surface area (Å²) < 4.78 is 0. The number of aromatic nitrogens is 1. The monoisotopic (exact) mass is 280 g/mol. The summed E-state index contributed by atoms with van der Waals surface area (Å²) in [7, 11) is 0. The van der Waals surface area contributed by atoms with Crippen LogP contribution < -0.4 is 5.32 Å². The first kappa shape index (κ1) is 13.6. The van der Waals surface area contributed by atoms with Gasteiger partial charge in [-0.3, -0.25) is 5.41 Å². The van der Waals surface area contributed by atoms with Gasteiger partial charge in [0.15, 0.2) is 0 Å². The molecule has 1 aliphatic heterocycles. The summed E-state index contributed by atoms with van der Waals surface area (Å²) in [5.41, 5.74) is 3.81. The Bertz CT molecular complexity index is 624. The lowest BCUT2D eigenvalue weighted by Crippen LogP contribution is -2.37. The number of hydrogen-bond donors (Lipinski definition) is 2. The molecular weight excluding hydrogens is 260 g/mol. The van der Waals surface area contributed by atoms with E-state index in [1.165, 1.54) is 23.0 Å². The fraction of sp³-hybridized carbons (Fsp3) is 0.294. The second kappa shape index (κ2) is 5.95. The number of nitrogens with zero attached hydrogens (tertiary/aromatic N) is 2. The molecule has 0 saturated heterocycles. The highest BCUT2D eigenvalue weighted by Crippen LogP contribution is 2.23. The van der Waals surface area contributed by atoms with Gasteiger partial charge >= 0.3 is 0 Å². The number of pyridine rings is 1. The second-order valence-corrected chi connectivity index (χ2v) is 5.53. The summed E-state index contributed by atoms with van der Waals surface area (Å²) in [6, 6.07) is 12.8. The van der Waals surface area contributed by atoms with E-state index in [4.69, 9.17) is 5.41 Å². The maximum absolute atomic E-state index is 7.49. The zero-order valence-electron chi connectivity index (χ0n) is 12.2. The van der Waals surface area contributed by atoms with Gasteiger partial charge < -0.3 is 10.2 Å². The molecule has 1 aliphatic rings. The van der Waals surface area contributed by atoms with Crippen molar-refractivity contribution in [2.75, 3.05) is 5.32 Å². The van der Waals surface area contributed by atoms with Crippen LogP contribution in [0.4, 0.5) is 5.82 Å². The van der Waals surface area contributed by atoms with Gasteiger partial charge in [0.05, 0.1) is 6.34 Å². The quantitative estimate of drug-likeness (QED) is 0.668. The molecule has 2 aromatic rings. The average Bonchev–Trinajstić information content (AvgIpc) is 2.53. The van der Waals surface area contributed by atoms with Gasteiger partial charge in [-0.1, -0.05) is 30.3 Å². The maximum Gasteiger partial charge on any atom is 0.126 e. The van der Waals surface area contributed by atoms with Crippen LogP contribution in [0.25, 0.3) is 0 Å². The van der Waals surface area contributed by atoms with Crippen molar-refractivity contribution in [1.82, 2.24) is 9.88 Å². The van der Waals surface area contributed by atoms with Gasteiger partial charge in [-0.15, -0.1) is 0 Å². The van der Waals surface area contributed by atoms with Gasteiger partial charge in [0.2, 0.25) is 0 Å². The van der Waals surface area contributed by atoms with E-state index in [1.807, 2.05) is 24.4 Å². The first-order valence-corrected chi connectivity index (χ1v) is 7.28. The minimum Gasteiger partial charge on any atom is -0.366 e. The Balaban J connectivity index is 1.72. The molecule has 0 spiro atoms. The number of nitrogens with one attached hydrogen (secondary N) is 2. The maximum atomic E-state index is 7.49. The topological polar surface area (TPSA) is 52.0 Å². The summed E-state index contributed by atoms with van der Waals surface area (Å²) in [6.07, 6.45) is 4.36. The molecule has 1 atom stereocenters. The second-order valence-electron chi connectivity index (χ2n) is 5.53. The van der Waals surface area contributed by atoms with Crippen molar-refractivity contribution in [1.29, 1.82) is 5.41 Å². The van der Waals surface area contributed by atoms with Crippen molar-refractivity contribution in [3.63, 3.8) is 0 Å². The Hall–Kier alpha value is -2.36. The Kier molecular flexibility index (Phi) is 3.86. The molecular formula is C17H20N4. The van der Waals surface area contributed by atoms with E-state index < -0.39 is 0 Å². The van der Waals surface area contributed by atoms with E-state index in [0.29, 0.717) is 6.04 Å². The lowest BCUT2D eigenvalue weighted by molar-refractivity contribution is 0.307. The van der Waals surface area contributed by atoms with Crippen LogP contribution in [0.5, 0.6) is 0 Å². The normalized spacial score (nSPS) is 17.2. The Labute approximate surface area is 125 Å². The summed E-state index contributed by atoms with van der Waals surface area (Å²) in [5.74, 6) is 0.900. The van der Waals surface area contributed by atoms with E-state index in [-0.39, 0.29) is 0 Å². The summed E-state index contributed by atoms with van der Waals surface area (Å²) in [4.78, 5) is 6.56. The molecule has 0 amide bonds. The van der Waals surface area contributed by atoms with Crippen molar-refractivity contribution in [3.8, 4) is 0 Å². The fourth-order valence-electron chi connectivity index (χ4n) is 2.70. The van der Waals surface area contributed by atoms with E-state index in [1.54, 1.807) is 0 Å². The lowest BCUT2D eigenvalue weighted by atomic mass is 9.97. The average molecular weight is 280 g/mol. The van der Waals surface area contributed by atoms with Gasteiger partial charge in [0.25, 0.3) is 0 Å². The predicted octanol–water partition coefficient (Wildman–Crippen LogP) is 3.05. The van der Waals surface area contributed by atoms with E-state index >= 15 is 0 Å². The minimum atomic E-state index is 0.375. The number of benzene rings is 1. The third-order valence-electron chi connectivity index (χ3n) is 4.00. The zero-order chi connectivity index (χ0) is 14.7. The van der Waals surface area contributed by atoms with Gasteiger partial charge in [0, 0.05) is 25.3 Å². The number of rotatable bonds is 4. The van der Waals surface area contributed by atoms with Crippen molar-refractivity contribution in [2.45, 2.75) is 32.5 Å². The molecule has 0 radical (unpaired) electrons. The fourth-order valence-corrected chi connectivity index (χ4v) is 2.70. The zero-order valence-corrected chi connectivity index (χ0v) is 12.2. The third kappa shape index (κ3) is 3.05. The molecule has 0 saturated carbocycles. The molecule has 3 rings (SSSR count). The van der Waals surface area contributed by atoms with Crippen molar-refractivity contribution in [3.05, 3.63) is 59.3 Å². The highest BCUT2D eigenvalue weighted by Gasteiger charge is 2.21. The van der Waals surface area contributed by atoms with Crippen LogP contribution in [0.15, 0.2) is 42.6 Å². The van der Waals surface area contributed by atoms with Crippen LogP contribution in [0.2, 0.25) is 0 Å². The molecule has 2 N–H and O–H groups in total. The molecule has 0 fully saturated rings. The molecule has 0 bridgehead atoms. The molecule has 4 nitrogen and oxygen atoms in total. The van der Waals surface area contributed by atoms with Crippen molar-refractivity contribution >= 4 is 12.2 Å². The molecule has 1 unspecified atom stereocenters. The number of anilines is 1. The number of hydrogen-bond acceptors (Lipinski definition) is 3. The highest BCUT2D eigenvalue weighted by atomic mass is 15.2. The molecule has 1 aromatic heterocycles. The smallest absolute Gasteiger partial charge is 0.126 e. The molecule has 2 heterocycles. The highest BCUT2D eigenvalue weighted by molar-refractivity contribution is 5.54. The third-order valence-corrected chi connectivity index (χ3v) is 4.00. The first-order chi connectivity index (χ1) is 10.3. The van der Waals surface area contributed by atoms with E-state index in [0.717, 1.165) is 25.3 Å². The van der Waals surface area contributed by atoms with Crippen LogP contribution in [-0.2, 0) is 19.5 Å². The Morgan fingerprint density at radius 2 is 2.14 bits per heavy atom. The molecule has 4 heteroatoms. The SMILES string of the molecule is CC1Cc2cnc(NCc3ccccc3)cc2CN1C=N. The largest absolute Gasteiger partial charge is 0.366 e. The molecule has 21 heavy (non-hydrogen) atoms. The van der Waals surface area contributed by atoms with Crippen LogP contribution in [0.1, 0.15) is 23.6 Å². The van der Waals surface area contributed by atoms with Crippen LogP contribution in [0, 0.1) is 5.41 Å². The predicted molar refractivity (Wildman–Crippen MR) is 85.5 cm³/mol. The summed E-state index contributed by atoms with van der Waals surface area (Å²) in [5, 5.41) is 10.9. The van der Waals surface area contributed by atoms with Crippen molar-refractivity contribution in [2.24, 2.45) is 0 Å².